The van der Waals surface area contributed by atoms with Gasteiger partial charge in [0, 0.05) is 13.1 Å². The van der Waals surface area contributed by atoms with Gasteiger partial charge < -0.3 is 10.0 Å². The van der Waals surface area contributed by atoms with Gasteiger partial charge in [0.1, 0.15) is 0 Å². The first-order chi connectivity index (χ1) is 7.58. The summed E-state index contributed by atoms with van der Waals surface area (Å²) in [5.41, 5.74) is 1.10. The molecule has 0 aliphatic carbocycles. The maximum Gasteiger partial charge on any atom is 0.263 e. The van der Waals surface area contributed by atoms with Gasteiger partial charge in [0.25, 0.3) is 5.91 Å². The number of amides is 1. The standard InChI is InChI=1S/C11H14BrNO2S/c1-7-6-9(16-10(7)12)11(15)13-4-2-8(14)3-5-13/h6,8,14H,2-5H2,1H3. The van der Waals surface area contributed by atoms with Crippen LogP contribution in [0.2, 0.25) is 0 Å². The second kappa shape index (κ2) is 4.85. The van der Waals surface area contributed by atoms with Crippen molar-refractivity contribution in [3.05, 3.63) is 20.3 Å². The van der Waals surface area contributed by atoms with Crippen LogP contribution in [0.25, 0.3) is 0 Å². The number of aliphatic hydroxyl groups excluding tert-OH is 1. The van der Waals surface area contributed by atoms with Crippen molar-refractivity contribution in [2.45, 2.75) is 25.9 Å². The topological polar surface area (TPSA) is 40.5 Å². The third kappa shape index (κ3) is 2.47. The van der Waals surface area contributed by atoms with E-state index in [1.807, 2.05) is 17.9 Å². The largest absolute Gasteiger partial charge is 0.393 e. The quantitative estimate of drug-likeness (QED) is 0.865. The fourth-order valence-corrected chi connectivity index (χ4v) is 3.29. The molecule has 0 aromatic carbocycles. The number of nitrogens with zero attached hydrogens (tertiary/aromatic N) is 1. The van der Waals surface area contributed by atoms with Crippen molar-refractivity contribution in [1.29, 1.82) is 0 Å². The van der Waals surface area contributed by atoms with Crippen molar-refractivity contribution in [1.82, 2.24) is 4.90 Å². The fourth-order valence-electron chi connectivity index (χ4n) is 1.79. The molecule has 1 fully saturated rings. The minimum atomic E-state index is -0.235. The van der Waals surface area contributed by atoms with Gasteiger partial charge in [-0.3, -0.25) is 4.79 Å². The van der Waals surface area contributed by atoms with E-state index in [-0.39, 0.29) is 12.0 Å². The highest BCUT2D eigenvalue weighted by molar-refractivity contribution is 9.11. The average Bonchev–Trinajstić information content (AvgIpc) is 2.59. The van der Waals surface area contributed by atoms with Crippen molar-refractivity contribution >= 4 is 33.2 Å². The Labute approximate surface area is 107 Å². The van der Waals surface area contributed by atoms with Gasteiger partial charge in [-0.2, -0.15) is 0 Å². The summed E-state index contributed by atoms with van der Waals surface area (Å²) in [6.45, 7) is 3.31. The maximum absolute atomic E-state index is 12.1. The summed E-state index contributed by atoms with van der Waals surface area (Å²) >= 11 is 4.91. The number of hydrogen-bond donors (Lipinski definition) is 1. The van der Waals surface area contributed by atoms with E-state index in [2.05, 4.69) is 15.9 Å². The highest BCUT2D eigenvalue weighted by Crippen LogP contribution is 2.28. The molecule has 2 rings (SSSR count). The lowest BCUT2D eigenvalue weighted by molar-refractivity contribution is 0.0550. The normalized spacial score (nSPS) is 17.8. The number of carbonyl (C=O) groups excluding carboxylic acids is 1. The minimum Gasteiger partial charge on any atom is -0.393 e. The summed E-state index contributed by atoms with van der Waals surface area (Å²) in [4.78, 5) is 14.7. The number of likely N-dealkylation sites (tertiary alicyclic amines) is 1. The number of aliphatic hydroxyl groups is 1. The van der Waals surface area contributed by atoms with Crippen LogP contribution in [-0.2, 0) is 0 Å². The predicted molar refractivity (Wildman–Crippen MR) is 67.9 cm³/mol. The van der Waals surface area contributed by atoms with E-state index in [1.165, 1.54) is 11.3 Å². The Morgan fingerprint density at radius 3 is 2.69 bits per heavy atom. The molecule has 1 aromatic heterocycles. The SMILES string of the molecule is Cc1cc(C(=O)N2CCC(O)CC2)sc1Br. The molecule has 0 atom stereocenters. The number of hydrogen-bond acceptors (Lipinski definition) is 3. The molecule has 0 radical (unpaired) electrons. The van der Waals surface area contributed by atoms with Crippen LogP contribution in [0.4, 0.5) is 0 Å². The van der Waals surface area contributed by atoms with E-state index in [9.17, 15) is 9.90 Å². The zero-order valence-electron chi connectivity index (χ0n) is 9.07. The summed E-state index contributed by atoms with van der Waals surface area (Å²) in [6, 6.07) is 1.92. The van der Waals surface area contributed by atoms with Gasteiger partial charge in [-0.05, 0) is 47.3 Å². The van der Waals surface area contributed by atoms with E-state index < -0.39 is 0 Å². The van der Waals surface area contributed by atoms with Gasteiger partial charge in [0.2, 0.25) is 0 Å². The molecule has 1 aliphatic heterocycles. The van der Waals surface area contributed by atoms with Gasteiger partial charge in [0.15, 0.2) is 0 Å². The maximum atomic E-state index is 12.1. The molecule has 3 nitrogen and oxygen atoms in total. The lowest BCUT2D eigenvalue weighted by atomic mass is 10.1. The Kier molecular flexibility index (Phi) is 3.66. The monoisotopic (exact) mass is 303 g/mol. The van der Waals surface area contributed by atoms with Crippen LogP contribution in [0.1, 0.15) is 28.1 Å². The number of aryl methyl sites for hydroxylation is 1. The zero-order chi connectivity index (χ0) is 11.7. The summed E-state index contributed by atoms with van der Waals surface area (Å²) in [6.07, 6.45) is 1.15. The first kappa shape index (κ1) is 12.1. The van der Waals surface area contributed by atoms with Gasteiger partial charge in [-0.25, -0.2) is 0 Å². The highest BCUT2D eigenvalue weighted by atomic mass is 79.9. The molecule has 88 valence electrons. The smallest absolute Gasteiger partial charge is 0.263 e. The molecule has 16 heavy (non-hydrogen) atoms. The molecule has 5 heteroatoms. The molecule has 0 unspecified atom stereocenters. The Hall–Kier alpha value is -0.390. The Balaban J connectivity index is 2.07. The average molecular weight is 304 g/mol. The minimum absolute atomic E-state index is 0.0886. The zero-order valence-corrected chi connectivity index (χ0v) is 11.5. The Morgan fingerprint density at radius 1 is 1.56 bits per heavy atom. The Bertz CT molecular complexity index is 377. The fraction of sp³-hybridized carbons (Fsp3) is 0.545. The first-order valence-corrected chi connectivity index (χ1v) is 6.92. The molecule has 1 amide bonds. The molecule has 1 N–H and O–H groups in total. The Morgan fingerprint density at radius 2 is 2.19 bits per heavy atom. The van der Waals surface area contributed by atoms with Crippen molar-refractivity contribution in [3.63, 3.8) is 0 Å². The molecule has 1 aliphatic rings. The molecule has 0 bridgehead atoms. The lowest BCUT2D eigenvalue weighted by Crippen LogP contribution is -2.39. The van der Waals surface area contributed by atoms with Crippen LogP contribution in [0.15, 0.2) is 9.85 Å². The van der Waals surface area contributed by atoms with Crippen molar-refractivity contribution in [2.24, 2.45) is 0 Å². The van der Waals surface area contributed by atoms with E-state index >= 15 is 0 Å². The summed E-state index contributed by atoms with van der Waals surface area (Å²) in [5.74, 6) is 0.0886. The van der Waals surface area contributed by atoms with Crippen LogP contribution >= 0.6 is 27.3 Å². The van der Waals surface area contributed by atoms with Crippen molar-refractivity contribution < 1.29 is 9.90 Å². The van der Waals surface area contributed by atoms with E-state index in [4.69, 9.17) is 0 Å². The summed E-state index contributed by atoms with van der Waals surface area (Å²) < 4.78 is 1.02. The summed E-state index contributed by atoms with van der Waals surface area (Å²) in [5, 5.41) is 9.38. The van der Waals surface area contributed by atoms with Crippen LogP contribution in [0.5, 0.6) is 0 Å². The van der Waals surface area contributed by atoms with Gasteiger partial charge in [-0.1, -0.05) is 0 Å². The second-order valence-corrected chi connectivity index (χ2v) is 6.46. The van der Waals surface area contributed by atoms with Crippen LogP contribution in [0, 0.1) is 6.92 Å². The third-order valence-corrected chi connectivity index (χ3v) is 4.94. The molecule has 0 spiro atoms. The molecule has 1 aromatic rings. The van der Waals surface area contributed by atoms with E-state index in [0.717, 1.165) is 14.2 Å². The van der Waals surface area contributed by atoms with Crippen molar-refractivity contribution in [2.75, 3.05) is 13.1 Å². The van der Waals surface area contributed by atoms with Crippen LogP contribution in [0.3, 0.4) is 0 Å². The third-order valence-electron chi connectivity index (χ3n) is 2.82. The highest BCUT2D eigenvalue weighted by Gasteiger charge is 2.23. The second-order valence-electron chi connectivity index (χ2n) is 4.09. The number of halogens is 1. The number of thiophene rings is 1. The lowest BCUT2D eigenvalue weighted by Gasteiger charge is -2.29. The van der Waals surface area contributed by atoms with E-state index in [1.54, 1.807) is 0 Å². The number of carbonyl (C=O) groups is 1. The van der Waals surface area contributed by atoms with Crippen LogP contribution in [-0.4, -0.2) is 35.1 Å². The van der Waals surface area contributed by atoms with Gasteiger partial charge >= 0.3 is 0 Å². The van der Waals surface area contributed by atoms with Gasteiger partial charge in [0.05, 0.1) is 14.8 Å². The number of piperidine rings is 1. The van der Waals surface area contributed by atoms with E-state index in [0.29, 0.717) is 25.9 Å². The molecule has 2 heterocycles. The first-order valence-electron chi connectivity index (χ1n) is 5.31. The molecule has 0 saturated carbocycles. The molecule has 1 saturated heterocycles. The molecular formula is C11H14BrNO2S. The molecular weight excluding hydrogens is 290 g/mol. The predicted octanol–water partition coefficient (Wildman–Crippen LogP) is 2.42. The summed E-state index contributed by atoms with van der Waals surface area (Å²) in [7, 11) is 0. The van der Waals surface area contributed by atoms with Crippen LogP contribution < -0.4 is 0 Å². The van der Waals surface area contributed by atoms with Gasteiger partial charge in [-0.15, -0.1) is 11.3 Å². The van der Waals surface area contributed by atoms with Crippen molar-refractivity contribution in [3.8, 4) is 0 Å². The number of rotatable bonds is 1.